The second-order valence-electron chi connectivity index (χ2n) is 6.19. The number of esters is 1. The zero-order chi connectivity index (χ0) is 19.9. The lowest BCUT2D eigenvalue weighted by Crippen LogP contribution is -2.34. The lowest BCUT2D eigenvalue weighted by Gasteiger charge is -2.11. The maximum Gasteiger partial charge on any atom is 0.325 e. The molecule has 0 bridgehead atoms. The second-order valence-corrected chi connectivity index (χ2v) is 6.19. The Labute approximate surface area is 161 Å². The van der Waals surface area contributed by atoms with Crippen LogP contribution in [0.4, 0.5) is 0 Å². The summed E-state index contributed by atoms with van der Waals surface area (Å²) in [5, 5.41) is 6.09. The monoisotopic (exact) mass is 380 g/mol. The lowest BCUT2D eigenvalue weighted by molar-refractivity contribution is -0.147. The highest BCUT2D eigenvalue weighted by molar-refractivity contribution is 5.96. The number of para-hydroxylation sites is 1. The van der Waals surface area contributed by atoms with Crippen LogP contribution in [0.5, 0.6) is 0 Å². The molecule has 0 saturated heterocycles. The van der Waals surface area contributed by atoms with Gasteiger partial charge < -0.3 is 19.8 Å². The Hall–Kier alpha value is -3.61. The Morgan fingerprint density at radius 3 is 2.50 bits per heavy atom. The molecule has 7 heteroatoms. The third kappa shape index (κ3) is 4.97. The molecular formula is C21H20N2O5. The molecule has 0 spiro atoms. The number of furan rings is 1. The van der Waals surface area contributed by atoms with Crippen molar-refractivity contribution in [2.24, 2.45) is 0 Å². The number of hydrogen-bond donors (Lipinski definition) is 2. The maximum absolute atomic E-state index is 12.0. The van der Waals surface area contributed by atoms with Gasteiger partial charge in [-0.15, -0.1) is 0 Å². The van der Waals surface area contributed by atoms with Gasteiger partial charge in [-0.2, -0.15) is 0 Å². The molecule has 0 aliphatic rings. The predicted molar refractivity (Wildman–Crippen MR) is 103 cm³/mol. The molecule has 1 atom stereocenters. The third-order valence-electron chi connectivity index (χ3n) is 4.04. The molecule has 0 saturated carbocycles. The SMILES string of the molecule is C[C@@H](NC(=O)COC(=O)CNC(=O)c1ccccc1)c1cc2ccccc2o1. The van der Waals surface area contributed by atoms with Gasteiger partial charge in [0.1, 0.15) is 17.9 Å². The summed E-state index contributed by atoms with van der Waals surface area (Å²) in [5.41, 5.74) is 1.17. The first-order valence-corrected chi connectivity index (χ1v) is 8.79. The third-order valence-corrected chi connectivity index (χ3v) is 4.04. The van der Waals surface area contributed by atoms with E-state index in [4.69, 9.17) is 9.15 Å². The zero-order valence-electron chi connectivity index (χ0n) is 15.3. The van der Waals surface area contributed by atoms with Crippen LogP contribution in [0.1, 0.15) is 29.1 Å². The van der Waals surface area contributed by atoms with Crippen molar-refractivity contribution >= 4 is 28.8 Å². The van der Waals surface area contributed by atoms with Crippen molar-refractivity contribution in [1.29, 1.82) is 0 Å². The fourth-order valence-corrected chi connectivity index (χ4v) is 2.61. The van der Waals surface area contributed by atoms with Gasteiger partial charge in [-0.3, -0.25) is 14.4 Å². The van der Waals surface area contributed by atoms with E-state index >= 15 is 0 Å². The van der Waals surface area contributed by atoms with Crippen LogP contribution in [0.25, 0.3) is 11.0 Å². The van der Waals surface area contributed by atoms with Crippen LogP contribution in [0, 0.1) is 0 Å². The van der Waals surface area contributed by atoms with Gasteiger partial charge in [0, 0.05) is 10.9 Å². The highest BCUT2D eigenvalue weighted by Crippen LogP contribution is 2.23. The van der Waals surface area contributed by atoms with Gasteiger partial charge in [0.25, 0.3) is 11.8 Å². The van der Waals surface area contributed by atoms with Crippen molar-refractivity contribution in [3.05, 3.63) is 72.0 Å². The fraction of sp³-hybridized carbons (Fsp3) is 0.190. The Kier molecular flexibility index (Phi) is 6.06. The van der Waals surface area contributed by atoms with Crippen molar-refractivity contribution < 1.29 is 23.5 Å². The molecule has 2 amide bonds. The van der Waals surface area contributed by atoms with Crippen LogP contribution in [0.15, 0.2) is 65.1 Å². The summed E-state index contributed by atoms with van der Waals surface area (Å²) in [6.45, 7) is 1.02. The van der Waals surface area contributed by atoms with Crippen LogP contribution in [-0.2, 0) is 14.3 Å². The molecule has 0 fully saturated rings. The maximum atomic E-state index is 12.0. The van der Waals surface area contributed by atoms with Crippen LogP contribution in [0.3, 0.4) is 0 Å². The molecule has 0 unspecified atom stereocenters. The van der Waals surface area contributed by atoms with Gasteiger partial charge in [-0.25, -0.2) is 0 Å². The zero-order valence-corrected chi connectivity index (χ0v) is 15.3. The van der Waals surface area contributed by atoms with E-state index in [1.807, 2.05) is 30.3 Å². The first-order chi connectivity index (χ1) is 13.5. The van der Waals surface area contributed by atoms with E-state index in [1.165, 1.54) is 0 Å². The summed E-state index contributed by atoms with van der Waals surface area (Å²) in [4.78, 5) is 35.6. The Balaban J connectivity index is 1.42. The molecule has 3 aromatic rings. The number of amides is 2. The van der Waals surface area contributed by atoms with E-state index in [0.29, 0.717) is 11.3 Å². The van der Waals surface area contributed by atoms with Crippen molar-refractivity contribution in [2.75, 3.05) is 13.2 Å². The number of carbonyl (C=O) groups excluding carboxylic acids is 3. The Morgan fingerprint density at radius 1 is 1.04 bits per heavy atom. The van der Waals surface area contributed by atoms with Gasteiger partial charge in [0.2, 0.25) is 0 Å². The second kappa shape index (κ2) is 8.85. The summed E-state index contributed by atoms with van der Waals surface area (Å²) in [5.74, 6) is -0.942. The summed E-state index contributed by atoms with van der Waals surface area (Å²) < 4.78 is 10.6. The van der Waals surface area contributed by atoms with E-state index < -0.39 is 18.5 Å². The Bertz CT molecular complexity index is 948. The van der Waals surface area contributed by atoms with Crippen LogP contribution in [0.2, 0.25) is 0 Å². The average molecular weight is 380 g/mol. The molecule has 2 aromatic carbocycles. The molecule has 0 aliphatic heterocycles. The van der Waals surface area contributed by atoms with Crippen LogP contribution < -0.4 is 10.6 Å². The molecule has 7 nitrogen and oxygen atoms in total. The number of hydrogen-bond acceptors (Lipinski definition) is 5. The van der Waals surface area contributed by atoms with Gasteiger partial charge in [0.15, 0.2) is 6.61 Å². The molecule has 1 aromatic heterocycles. The van der Waals surface area contributed by atoms with E-state index in [0.717, 1.165) is 11.0 Å². The number of fused-ring (bicyclic) bond motifs is 1. The first kappa shape index (κ1) is 19.2. The van der Waals surface area contributed by atoms with E-state index in [-0.39, 0.29) is 18.5 Å². The summed E-state index contributed by atoms with van der Waals surface area (Å²) in [6, 6.07) is 17.5. The number of nitrogens with one attached hydrogen (secondary N) is 2. The van der Waals surface area contributed by atoms with Gasteiger partial charge >= 0.3 is 5.97 Å². The standard InChI is InChI=1S/C21H20N2O5/c1-14(18-11-16-9-5-6-10-17(16)28-18)23-19(24)13-27-20(25)12-22-21(26)15-7-3-2-4-8-15/h2-11,14H,12-13H2,1H3,(H,22,26)(H,23,24)/t14-/m1/s1. The molecule has 144 valence electrons. The molecule has 28 heavy (non-hydrogen) atoms. The van der Waals surface area contributed by atoms with Gasteiger partial charge in [0.05, 0.1) is 6.04 Å². The minimum Gasteiger partial charge on any atom is -0.459 e. The minimum absolute atomic E-state index is 0.319. The molecule has 3 rings (SSSR count). The highest BCUT2D eigenvalue weighted by Gasteiger charge is 2.16. The van der Waals surface area contributed by atoms with Crippen molar-refractivity contribution in [3.8, 4) is 0 Å². The smallest absolute Gasteiger partial charge is 0.325 e. The molecule has 2 N–H and O–H groups in total. The Morgan fingerprint density at radius 2 is 1.75 bits per heavy atom. The average Bonchev–Trinajstić information content (AvgIpc) is 3.15. The van der Waals surface area contributed by atoms with Crippen molar-refractivity contribution in [3.63, 3.8) is 0 Å². The molecular weight excluding hydrogens is 360 g/mol. The number of ether oxygens (including phenoxy) is 1. The number of rotatable bonds is 7. The quantitative estimate of drug-likeness (QED) is 0.614. The van der Waals surface area contributed by atoms with Crippen molar-refractivity contribution in [1.82, 2.24) is 10.6 Å². The van der Waals surface area contributed by atoms with Crippen LogP contribution >= 0.6 is 0 Å². The summed E-state index contributed by atoms with van der Waals surface area (Å²) in [6.07, 6.45) is 0. The number of benzene rings is 2. The summed E-state index contributed by atoms with van der Waals surface area (Å²) >= 11 is 0. The van der Waals surface area contributed by atoms with Crippen molar-refractivity contribution in [2.45, 2.75) is 13.0 Å². The summed E-state index contributed by atoms with van der Waals surface area (Å²) in [7, 11) is 0. The van der Waals surface area contributed by atoms with E-state index in [1.54, 1.807) is 37.3 Å². The van der Waals surface area contributed by atoms with Gasteiger partial charge in [-0.1, -0.05) is 36.4 Å². The lowest BCUT2D eigenvalue weighted by atomic mass is 10.2. The van der Waals surface area contributed by atoms with E-state index in [9.17, 15) is 14.4 Å². The number of carbonyl (C=O) groups is 3. The highest BCUT2D eigenvalue weighted by atomic mass is 16.5. The molecule has 0 aliphatic carbocycles. The van der Waals surface area contributed by atoms with Gasteiger partial charge in [-0.05, 0) is 31.2 Å². The topological polar surface area (TPSA) is 97.6 Å². The minimum atomic E-state index is -0.698. The first-order valence-electron chi connectivity index (χ1n) is 8.79. The largest absolute Gasteiger partial charge is 0.459 e. The van der Waals surface area contributed by atoms with Crippen LogP contribution in [-0.4, -0.2) is 30.9 Å². The molecule has 1 heterocycles. The predicted octanol–water partition coefficient (Wildman–Crippen LogP) is 2.58. The fourth-order valence-electron chi connectivity index (χ4n) is 2.61. The molecule has 0 radical (unpaired) electrons. The van der Waals surface area contributed by atoms with E-state index in [2.05, 4.69) is 10.6 Å². The normalized spacial score (nSPS) is 11.6.